The lowest BCUT2D eigenvalue weighted by atomic mass is 10.2. The molecule has 0 aliphatic rings. The zero-order chi connectivity index (χ0) is 16.0. The van der Waals surface area contributed by atoms with E-state index in [-0.39, 0.29) is 11.5 Å². The first-order valence-electron chi connectivity index (χ1n) is 6.06. The fourth-order valence-electron chi connectivity index (χ4n) is 1.39. The summed E-state index contributed by atoms with van der Waals surface area (Å²) >= 11 is 0. The number of hydrogen-bond acceptors (Lipinski definition) is 7. The molecule has 21 heavy (non-hydrogen) atoms. The SMILES string of the molecule is CCO[PH](=O)C(OS(=O)(=O)c1ccc(C)cc1)C(=O)OC. The molecule has 0 heterocycles. The maximum atomic E-state index is 12.1. The Morgan fingerprint density at radius 2 is 1.86 bits per heavy atom. The lowest BCUT2D eigenvalue weighted by Gasteiger charge is -2.15. The smallest absolute Gasteiger partial charge is 0.346 e. The molecule has 1 aromatic carbocycles. The van der Waals surface area contributed by atoms with Crippen LogP contribution in [0.15, 0.2) is 29.2 Å². The average molecular weight is 336 g/mol. The quantitative estimate of drug-likeness (QED) is 0.425. The van der Waals surface area contributed by atoms with E-state index in [1.165, 1.54) is 12.1 Å². The number of benzene rings is 1. The van der Waals surface area contributed by atoms with Crippen LogP contribution in [0.3, 0.4) is 0 Å². The van der Waals surface area contributed by atoms with Crippen LogP contribution in [0.4, 0.5) is 0 Å². The van der Waals surface area contributed by atoms with Gasteiger partial charge in [-0.3, -0.25) is 4.57 Å². The van der Waals surface area contributed by atoms with E-state index < -0.39 is 30.0 Å². The predicted octanol–water partition coefficient (Wildman–Crippen LogP) is 1.71. The first kappa shape index (κ1) is 17.8. The first-order valence-corrected chi connectivity index (χ1v) is 8.86. The van der Waals surface area contributed by atoms with Crippen molar-refractivity contribution in [1.29, 1.82) is 0 Å². The predicted molar refractivity (Wildman–Crippen MR) is 75.9 cm³/mol. The summed E-state index contributed by atoms with van der Waals surface area (Å²) in [5.41, 5.74) is 0.862. The minimum atomic E-state index is -4.25. The molecule has 0 spiro atoms. The monoisotopic (exact) mass is 336 g/mol. The average Bonchev–Trinajstić information content (AvgIpc) is 2.44. The van der Waals surface area contributed by atoms with Crippen molar-refractivity contribution in [2.45, 2.75) is 24.6 Å². The lowest BCUT2D eigenvalue weighted by molar-refractivity contribution is -0.145. The van der Waals surface area contributed by atoms with Gasteiger partial charge in [0.1, 0.15) is 0 Å². The molecular formula is C12H17O7PS. The number of carbonyl (C=O) groups excluding carboxylic acids is 1. The van der Waals surface area contributed by atoms with Crippen molar-refractivity contribution in [3.05, 3.63) is 29.8 Å². The Morgan fingerprint density at radius 1 is 1.29 bits per heavy atom. The Morgan fingerprint density at radius 3 is 2.33 bits per heavy atom. The number of methoxy groups -OCH3 is 1. The van der Waals surface area contributed by atoms with E-state index >= 15 is 0 Å². The van der Waals surface area contributed by atoms with Gasteiger partial charge >= 0.3 is 5.97 Å². The van der Waals surface area contributed by atoms with Gasteiger partial charge in [-0.2, -0.15) is 8.42 Å². The van der Waals surface area contributed by atoms with Crippen LogP contribution >= 0.6 is 8.03 Å². The molecule has 0 radical (unpaired) electrons. The van der Waals surface area contributed by atoms with Gasteiger partial charge in [-0.15, -0.1) is 0 Å². The number of rotatable bonds is 7. The van der Waals surface area contributed by atoms with Crippen LogP contribution in [0.25, 0.3) is 0 Å². The van der Waals surface area contributed by atoms with Gasteiger partial charge in [0.2, 0.25) is 13.9 Å². The number of hydrogen-bond donors (Lipinski definition) is 0. The Kier molecular flexibility index (Phi) is 6.54. The summed E-state index contributed by atoms with van der Waals surface area (Å²) in [6.45, 7) is 3.41. The Hall–Kier alpha value is -1.21. The maximum Gasteiger partial charge on any atom is 0.346 e. The van der Waals surface area contributed by atoms with E-state index in [0.29, 0.717) is 0 Å². The van der Waals surface area contributed by atoms with Gasteiger partial charge in [0, 0.05) is 0 Å². The number of aryl methyl sites for hydroxylation is 1. The maximum absolute atomic E-state index is 12.1. The van der Waals surface area contributed by atoms with Crippen LogP contribution in [0.5, 0.6) is 0 Å². The molecule has 0 amide bonds. The van der Waals surface area contributed by atoms with Crippen LogP contribution in [0, 0.1) is 6.92 Å². The van der Waals surface area contributed by atoms with Crippen molar-refractivity contribution in [2.75, 3.05) is 13.7 Å². The van der Waals surface area contributed by atoms with Crippen LogP contribution in [-0.4, -0.2) is 33.9 Å². The minimum absolute atomic E-state index is 0.0548. The van der Waals surface area contributed by atoms with E-state index in [4.69, 9.17) is 8.71 Å². The molecule has 0 aliphatic heterocycles. The van der Waals surface area contributed by atoms with Crippen LogP contribution < -0.4 is 0 Å². The second-order valence-corrected chi connectivity index (χ2v) is 7.04. The van der Waals surface area contributed by atoms with Crippen molar-refractivity contribution in [3.63, 3.8) is 0 Å². The van der Waals surface area contributed by atoms with Gasteiger partial charge in [-0.05, 0) is 26.0 Å². The summed E-state index contributed by atoms with van der Waals surface area (Å²) < 4.78 is 49.8. The summed E-state index contributed by atoms with van der Waals surface area (Å²) in [6, 6.07) is 5.82. The molecule has 0 saturated carbocycles. The molecule has 0 fully saturated rings. The Balaban J connectivity index is 3.03. The van der Waals surface area contributed by atoms with E-state index in [1.807, 2.05) is 0 Å². The Bertz CT molecular complexity index is 609. The fourth-order valence-corrected chi connectivity index (χ4v) is 3.74. The topological polar surface area (TPSA) is 96.0 Å². The molecule has 118 valence electrons. The molecular weight excluding hydrogens is 319 g/mol. The van der Waals surface area contributed by atoms with Gasteiger partial charge in [-0.1, -0.05) is 17.7 Å². The van der Waals surface area contributed by atoms with Crippen LogP contribution in [-0.2, 0) is 32.9 Å². The highest BCUT2D eigenvalue weighted by atomic mass is 32.2. The highest BCUT2D eigenvalue weighted by molar-refractivity contribution is 7.87. The van der Waals surface area contributed by atoms with Crippen LogP contribution in [0.1, 0.15) is 12.5 Å². The molecule has 0 saturated heterocycles. The van der Waals surface area contributed by atoms with Crippen LogP contribution in [0.2, 0.25) is 0 Å². The fraction of sp³-hybridized carbons (Fsp3) is 0.417. The number of esters is 1. The van der Waals surface area contributed by atoms with E-state index in [1.54, 1.807) is 26.0 Å². The summed E-state index contributed by atoms with van der Waals surface area (Å²) in [6.07, 6.45) is 0. The number of carbonyl (C=O) groups is 1. The second kappa shape index (κ2) is 7.70. The van der Waals surface area contributed by atoms with Gasteiger partial charge in [0.05, 0.1) is 18.6 Å². The van der Waals surface area contributed by atoms with Crippen molar-refractivity contribution in [3.8, 4) is 0 Å². The summed E-state index contributed by atoms with van der Waals surface area (Å²) in [5, 5.41) is 0. The normalized spacial score (nSPS) is 14.4. The third-order valence-electron chi connectivity index (χ3n) is 2.45. The zero-order valence-corrected chi connectivity index (χ0v) is 13.7. The van der Waals surface area contributed by atoms with Gasteiger partial charge < -0.3 is 9.26 Å². The van der Waals surface area contributed by atoms with E-state index in [2.05, 4.69) is 4.74 Å². The van der Waals surface area contributed by atoms with E-state index in [0.717, 1.165) is 12.7 Å². The molecule has 1 aromatic rings. The van der Waals surface area contributed by atoms with E-state index in [9.17, 15) is 17.8 Å². The lowest BCUT2D eigenvalue weighted by Crippen LogP contribution is -2.26. The molecule has 0 aliphatic carbocycles. The third kappa shape index (κ3) is 4.93. The summed E-state index contributed by atoms with van der Waals surface area (Å²) in [7, 11) is -6.27. The largest absolute Gasteiger partial charge is 0.467 e. The van der Waals surface area contributed by atoms with Crippen molar-refractivity contribution < 1.29 is 31.2 Å². The molecule has 2 unspecified atom stereocenters. The molecule has 9 heteroatoms. The molecule has 2 atom stereocenters. The molecule has 1 rings (SSSR count). The Labute approximate surface area is 124 Å². The minimum Gasteiger partial charge on any atom is -0.467 e. The second-order valence-electron chi connectivity index (χ2n) is 4.02. The third-order valence-corrected chi connectivity index (χ3v) is 5.27. The molecule has 0 aromatic heterocycles. The van der Waals surface area contributed by atoms with Crippen molar-refractivity contribution in [1.82, 2.24) is 0 Å². The standard InChI is InChI=1S/C12H17O7PS/c1-4-18-20(14)12(11(13)17-3)19-21(15,16)10-7-5-9(2)6-8-10/h5-8,12,20H,4H2,1-3H3. The molecule has 0 N–H and O–H groups in total. The van der Waals surface area contributed by atoms with Gasteiger partial charge in [-0.25, -0.2) is 8.98 Å². The molecule has 7 nitrogen and oxygen atoms in total. The zero-order valence-electron chi connectivity index (χ0n) is 11.9. The number of ether oxygens (including phenoxy) is 1. The first-order chi connectivity index (χ1) is 9.81. The molecule has 0 bridgehead atoms. The van der Waals surface area contributed by atoms with Crippen molar-refractivity contribution >= 4 is 24.1 Å². The van der Waals surface area contributed by atoms with Crippen molar-refractivity contribution in [2.24, 2.45) is 0 Å². The highest BCUT2D eigenvalue weighted by Crippen LogP contribution is 2.33. The highest BCUT2D eigenvalue weighted by Gasteiger charge is 2.33. The summed E-state index contributed by atoms with van der Waals surface area (Å²) in [4.78, 5) is 11.4. The summed E-state index contributed by atoms with van der Waals surface area (Å²) in [5.74, 6) is -2.87. The van der Waals surface area contributed by atoms with Gasteiger partial charge in [0.15, 0.2) is 0 Å². The van der Waals surface area contributed by atoms with Gasteiger partial charge in [0.25, 0.3) is 10.1 Å².